The highest BCUT2D eigenvalue weighted by Gasteiger charge is 2.31. The molecule has 0 heterocycles. The molecule has 3 aromatic rings. The molecule has 0 spiro atoms. The van der Waals surface area contributed by atoms with E-state index in [4.69, 9.17) is 23.2 Å². The quantitative estimate of drug-likeness (QED) is 0.408. The van der Waals surface area contributed by atoms with Gasteiger partial charge in [-0.2, -0.15) is 13.2 Å². The predicted molar refractivity (Wildman–Crippen MR) is 122 cm³/mol. The summed E-state index contributed by atoms with van der Waals surface area (Å²) in [6.07, 6.45) is -4.61. The molecule has 0 saturated carbocycles. The zero-order valence-electron chi connectivity index (χ0n) is 17.0. The minimum absolute atomic E-state index is 0.0180. The fourth-order valence-electron chi connectivity index (χ4n) is 2.92. The van der Waals surface area contributed by atoms with E-state index in [0.717, 1.165) is 17.7 Å². The summed E-state index contributed by atoms with van der Waals surface area (Å²) in [7, 11) is -4.02. The third-order valence-corrected chi connectivity index (χ3v) is 7.20. The fourth-order valence-corrected chi connectivity index (χ4v) is 5.05. The number of carbonyl (C=O) groups is 1. The number of benzene rings is 3. The third-order valence-electron chi connectivity index (χ3n) is 4.57. The Morgan fingerprint density at radius 2 is 1.61 bits per heavy atom. The highest BCUT2D eigenvalue weighted by molar-refractivity contribution is 7.91. The normalized spacial score (nSPS) is 11.8. The van der Waals surface area contributed by atoms with Crippen molar-refractivity contribution in [3.05, 3.63) is 81.8 Å². The van der Waals surface area contributed by atoms with Gasteiger partial charge < -0.3 is 10.6 Å². The molecule has 0 atom stereocenters. The second-order valence-electron chi connectivity index (χ2n) is 7.03. The second-order valence-corrected chi connectivity index (χ2v) is 9.73. The van der Waals surface area contributed by atoms with Gasteiger partial charge in [0.05, 0.1) is 38.4 Å². The number of carbonyl (C=O) groups excluding carboxylic acids is 1. The van der Waals surface area contributed by atoms with Crippen LogP contribution in [0.4, 0.5) is 24.5 Å². The second kappa shape index (κ2) is 9.62. The standard InChI is InChI=1S/C22H17Cl2F3N2O3S/c1-13-5-8-15(9-6-13)33(31,32)21-17(24)3-2-4-18(21)28-12-20(30)29-19-11-14(22(25,26)27)7-10-16(19)23/h2-11,28H,12H2,1H3,(H,29,30). The van der Waals surface area contributed by atoms with Crippen molar-refractivity contribution in [2.75, 3.05) is 17.2 Å². The lowest BCUT2D eigenvalue weighted by atomic mass is 10.2. The molecule has 0 aromatic heterocycles. The Morgan fingerprint density at radius 3 is 2.24 bits per heavy atom. The van der Waals surface area contributed by atoms with Crippen LogP contribution in [0.15, 0.2) is 70.5 Å². The fraction of sp³-hybridized carbons (Fsp3) is 0.136. The van der Waals surface area contributed by atoms with Crippen molar-refractivity contribution in [3.63, 3.8) is 0 Å². The van der Waals surface area contributed by atoms with Crippen molar-refractivity contribution in [3.8, 4) is 0 Å². The van der Waals surface area contributed by atoms with E-state index < -0.39 is 34.0 Å². The van der Waals surface area contributed by atoms with Crippen LogP contribution in [0.25, 0.3) is 0 Å². The van der Waals surface area contributed by atoms with Gasteiger partial charge in [-0.1, -0.05) is 47.0 Å². The maximum Gasteiger partial charge on any atom is 0.416 e. The lowest BCUT2D eigenvalue weighted by Crippen LogP contribution is -2.23. The summed E-state index contributed by atoms with van der Waals surface area (Å²) in [5, 5.41) is 4.84. The van der Waals surface area contributed by atoms with Gasteiger partial charge >= 0.3 is 6.18 Å². The number of aryl methyl sites for hydroxylation is 1. The number of amides is 1. The molecule has 33 heavy (non-hydrogen) atoms. The monoisotopic (exact) mass is 516 g/mol. The van der Waals surface area contributed by atoms with E-state index in [-0.39, 0.29) is 31.2 Å². The SMILES string of the molecule is Cc1ccc(S(=O)(=O)c2c(Cl)cccc2NCC(=O)Nc2cc(C(F)(F)F)ccc2Cl)cc1. The largest absolute Gasteiger partial charge is 0.416 e. The third kappa shape index (κ3) is 5.79. The van der Waals surface area contributed by atoms with Gasteiger partial charge in [0.1, 0.15) is 4.90 Å². The van der Waals surface area contributed by atoms with Crippen LogP contribution in [0.1, 0.15) is 11.1 Å². The maximum atomic E-state index is 13.1. The smallest absolute Gasteiger partial charge is 0.375 e. The number of hydrogen-bond donors (Lipinski definition) is 2. The molecule has 0 aliphatic heterocycles. The van der Waals surface area contributed by atoms with Crippen LogP contribution in [0.3, 0.4) is 0 Å². The van der Waals surface area contributed by atoms with Gasteiger partial charge in [0.15, 0.2) is 0 Å². The number of rotatable bonds is 6. The van der Waals surface area contributed by atoms with E-state index in [1.165, 1.54) is 30.3 Å². The minimum atomic E-state index is -4.61. The lowest BCUT2D eigenvalue weighted by Gasteiger charge is -2.15. The molecular formula is C22H17Cl2F3N2O3S. The first-order valence-corrected chi connectivity index (χ1v) is 11.6. The Kier molecular flexibility index (Phi) is 7.26. The van der Waals surface area contributed by atoms with Crippen molar-refractivity contribution < 1.29 is 26.4 Å². The molecule has 3 rings (SSSR count). The number of anilines is 2. The molecule has 3 aromatic carbocycles. The van der Waals surface area contributed by atoms with Gasteiger partial charge in [0, 0.05) is 0 Å². The van der Waals surface area contributed by atoms with Crippen molar-refractivity contribution in [1.29, 1.82) is 0 Å². The Hall–Kier alpha value is -2.75. The van der Waals surface area contributed by atoms with Crippen LogP contribution in [-0.2, 0) is 20.8 Å². The molecule has 0 bridgehead atoms. The lowest BCUT2D eigenvalue weighted by molar-refractivity contribution is -0.137. The van der Waals surface area contributed by atoms with E-state index in [9.17, 15) is 26.4 Å². The summed E-state index contributed by atoms with van der Waals surface area (Å²) >= 11 is 12.1. The summed E-state index contributed by atoms with van der Waals surface area (Å²) in [5.41, 5.74) is -0.266. The van der Waals surface area contributed by atoms with E-state index in [2.05, 4.69) is 10.6 Å². The molecule has 2 N–H and O–H groups in total. The Balaban J connectivity index is 1.83. The molecule has 11 heteroatoms. The van der Waals surface area contributed by atoms with E-state index in [0.29, 0.717) is 6.07 Å². The summed E-state index contributed by atoms with van der Waals surface area (Å²) in [4.78, 5) is 12.2. The zero-order chi connectivity index (χ0) is 24.4. The van der Waals surface area contributed by atoms with E-state index in [1.54, 1.807) is 12.1 Å². The van der Waals surface area contributed by atoms with Crippen LogP contribution < -0.4 is 10.6 Å². The molecular weight excluding hydrogens is 500 g/mol. The molecule has 0 radical (unpaired) electrons. The molecule has 1 amide bonds. The van der Waals surface area contributed by atoms with Crippen LogP contribution >= 0.6 is 23.2 Å². The molecule has 174 valence electrons. The van der Waals surface area contributed by atoms with Gasteiger partial charge in [-0.25, -0.2) is 8.42 Å². The van der Waals surface area contributed by atoms with Crippen LogP contribution in [0.5, 0.6) is 0 Å². The van der Waals surface area contributed by atoms with Gasteiger partial charge in [0.25, 0.3) is 0 Å². The van der Waals surface area contributed by atoms with Crippen LogP contribution in [0, 0.1) is 6.92 Å². The van der Waals surface area contributed by atoms with Gasteiger partial charge in [-0.05, 0) is 49.4 Å². The summed E-state index contributed by atoms with van der Waals surface area (Å²) < 4.78 is 65.1. The summed E-state index contributed by atoms with van der Waals surface area (Å²) in [6, 6.07) is 13.0. The number of halogens is 5. The first-order chi connectivity index (χ1) is 15.4. The Labute approximate surface area is 198 Å². The number of hydrogen-bond acceptors (Lipinski definition) is 4. The van der Waals surface area contributed by atoms with Gasteiger partial charge in [0.2, 0.25) is 15.7 Å². The predicted octanol–water partition coefficient (Wildman–Crippen LogP) is 6.20. The average molecular weight is 517 g/mol. The summed E-state index contributed by atoms with van der Waals surface area (Å²) in [6.45, 7) is 1.36. The van der Waals surface area contributed by atoms with Crippen molar-refractivity contribution in [2.24, 2.45) is 0 Å². The average Bonchev–Trinajstić information content (AvgIpc) is 2.73. The van der Waals surface area contributed by atoms with Gasteiger partial charge in [-0.3, -0.25) is 4.79 Å². The molecule has 0 fully saturated rings. The van der Waals surface area contributed by atoms with Crippen LogP contribution in [0.2, 0.25) is 10.0 Å². The zero-order valence-corrected chi connectivity index (χ0v) is 19.3. The molecule has 5 nitrogen and oxygen atoms in total. The van der Waals surface area contributed by atoms with E-state index >= 15 is 0 Å². The van der Waals surface area contributed by atoms with E-state index in [1.807, 2.05) is 6.92 Å². The first kappa shape index (κ1) is 24.9. The van der Waals surface area contributed by atoms with Crippen molar-refractivity contribution >= 4 is 50.3 Å². The number of sulfone groups is 1. The first-order valence-electron chi connectivity index (χ1n) is 9.40. The van der Waals surface area contributed by atoms with Crippen LogP contribution in [-0.4, -0.2) is 20.9 Å². The molecule has 0 aliphatic rings. The summed E-state index contributed by atoms with van der Waals surface area (Å²) in [5.74, 6) is -0.741. The molecule has 0 aliphatic carbocycles. The number of nitrogens with one attached hydrogen (secondary N) is 2. The highest BCUT2D eigenvalue weighted by atomic mass is 35.5. The van der Waals surface area contributed by atoms with Crippen molar-refractivity contribution in [2.45, 2.75) is 22.9 Å². The highest BCUT2D eigenvalue weighted by Crippen LogP contribution is 2.35. The Bertz CT molecular complexity index is 1300. The molecule has 0 saturated heterocycles. The Morgan fingerprint density at radius 1 is 0.939 bits per heavy atom. The minimum Gasteiger partial charge on any atom is -0.375 e. The van der Waals surface area contributed by atoms with Crippen molar-refractivity contribution in [1.82, 2.24) is 0 Å². The number of alkyl halides is 3. The molecule has 0 unspecified atom stereocenters. The topological polar surface area (TPSA) is 75.3 Å². The maximum absolute atomic E-state index is 13.1. The van der Waals surface area contributed by atoms with Gasteiger partial charge in [-0.15, -0.1) is 0 Å².